The summed E-state index contributed by atoms with van der Waals surface area (Å²) in [5, 5.41) is 1.12. The van der Waals surface area contributed by atoms with Gasteiger partial charge in [-0.3, -0.25) is 0 Å². The zero-order valence-corrected chi connectivity index (χ0v) is 6.62. The molecular formula is C7H4ClNS. The van der Waals surface area contributed by atoms with E-state index in [0.717, 1.165) is 14.6 Å². The lowest BCUT2D eigenvalue weighted by Crippen LogP contribution is -1.65. The van der Waals surface area contributed by atoms with Crippen molar-refractivity contribution in [2.75, 3.05) is 0 Å². The highest BCUT2D eigenvalue weighted by Gasteiger charge is 1.96. The molecule has 2 rings (SSSR count). The fourth-order valence-corrected chi connectivity index (χ4v) is 1.91. The Kier molecular flexibility index (Phi) is 1.36. The molecule has 0 aliphatic heterocycles. The molecular weight excluding hydrogens is 166 g/mol. The van der Waals surface area contributed by atoms with Gasteiger partial charge in [-0.05, 0) is 12.1 Å². The molecule has 0 saturated carbocycles. The van der Waals surface area contributed by atoms with Crippen molar-refractivity contribution < 1.29 is 0 Å². The second-order valence-corrected chi connectivity index (χ2v) is 3.61. The highest BCUT2D eigenvalue weighted by molar-refractivity contribution is 7.22. The van der Waals surface area contributed by atoms with Crippen LogP contribution in [0.15, 0.2) is 24.4 Å². The summed E-state index contributed by atoms with van der Waals surface area (Å²) in [6, 6.07) is 5.84. The van der Waals surface area contributed by atoms with Crippen LogP contribution in [0.2, 0.25) is 4.34 Å². The maximum Gasteiger partial charge on any atom is 0.124 e. The van der Waals surface area contributed by atoms with E-state index in [0.29, 0.717) is 0 Å². The van der Waals surface area contributed by atoms with Gasteiger partial charge in [0.15, 0.2) is 0 Å². The number of halogens is 1. The molecule has 0 spiro atoms. The molecule has 1 nitrogen and oxygen atoms in total. The van der Waals surface area contributed by atoms with Crippen LogP contribution in [0.3, 0.4) is 0 Å². The minimum atomic E-state index is 0.800. The first-order valence-electron chi connectivity index (χ1n) is 2.86. The molecule has 0 N–H and O–H groups in total. The van der Waals surface area contributed by atoms with Crippen molar-refractivity contribution >= 4 is 33.2 Å². The number of rotatable bonds is 0. The molecule has 0 bridgehead atoms. The Morgan fingerprint density at radius 2 is 2.40 bits per heavy atom. The third kappa shape index (κ3) is 0.895. The van der Waals surface area contributed by atoms with Gasteiger partial charge in [0.05, 0.1) is 4.34 Å². The van der Waals surface area contributed by atoms with E-state index >= 15 is 0 Å². The molecule has 0 radical (unpaired) electrons. The van der Waals surface area contributed by atoms with Crippen molar-refractivity contribution in [2.45, 2.75) is 0 Å². The quantitative estimate of drug-likeness (QED) is 0.591. The molecule has 3 heteroatoms. The van der Waals surface area contributed by atoms with Crippen LogP contribution >= 0.6 is 22.9 Å². The molecule has 0 unspecified atom stereocenters. The lowest BCUT2D eigenvalue weighted by atomic mass is 10.4. The number of fused-ring (bicyclic) bond motifs is 1. The van der Waals surface area contributed by atoms with E-state index in [-0.39, 0.29) is 0 Å². The van der Waals surface area contributed by atoms with Crippen molar-refractivity contribution in [3.63, 3.8) is 0 Å². The van der Waals surface area contributed by atoms with E-state index < -0.39 is 0 Å². The fraction of sp³-hybridized carbons (Fsp3) is 0. The molecule has 0 fully saturated rings. The first-order chi connectivity index (χ1) is 4.86. The van der Waals surface area contributed by atoms with Gasteiger partial charge in [-0.2, -0.15) is 0 Å². The van der Waals surface area contributed by atoms with E-state index in [9.17, 15) is 0 Å². The summed E-state index contributed by atoms with van der Waals surface area (Å²) < 4.78 is 0.800. The topological polar surface area (TPSA) is 12.9 Å². The van der Waals surface area contributed by atoms with Gasteiger partial charge in [-0.1, -0.05) is 17.7 Å². The van der Waals surface area contributed by atoms with E-state index in [1.165, 1.54) is 11.3 Å². The van der Waals surface area contributed by atoms with Crippen molar-refractivity contribution in [1.29, 1.82) is 0 Å². The zero-order chi connectivity index (χ0) is 6.97. The lowest BCUT2D eigenvalue weighted by Gasteiger charge is -1.81. The molecule has 0 aromatic carbocycles. The number of hydrogen-bond donors (Lipinski definition) is 0. The van der Waals surface area contributed by atoms with Crippen LogP contribution in [0.25, 0.3) is 10.2 Å². The van der Waals surface area contributed by atoms with Gasteiger partial charge in [-0.15, -0.1) is 11.3 Å². The molecule has 0 aliphatic carbocycles. The van der Waals surface area contributed by atoms with Crippen molar-refractivity contribution in [2.24, 2.45) is 0 Å². The number of aromatic nitrogens is 1. The van der Waals surface area contributed by atoms with Crippen molar-refractivity contribution in [1.82, 2.24) is 4.98 Å². The molecule has 10 heavy (non-hydrogen) atoms. The van der Waals surface area contributed by atoms with Crippen LogP contribution in [0, 0.1) is 0 Å². The van der Waals surface area contributed by atoms with Crippen LogP contribution in [0.1, 0.15) is 0 Å². The Morgan fingerprint density at radius 3 is 3.20 bits per heavy atom. The van der Waals surface area contributed by atoms with Gasteiger partial charge in [0.2, 0.25) is 0 Å². The van der Waals surface area contributed by atoms with Gasteiger partial charge in [0, 0.05) is 11.6 Å². The summed E-state index contributed by atoms with van der Waals surface area (Å²) in [5.74, 6) is 0. The number of pyridine rings is 1. The first kappa shape index (κ1) is 6.13. The summed E-state index contributed by atoms with van der Waals surface area (Å²) in [6.07, 6.45) is 1.77. The smallest absolute Gasteiger partial charge is 0.124 e. The second kappa shape index (κ2) is 2.22. The number of thiophene rings is 1. The van der Waals surface area contributed by atoms with Crippen LogP contribution in [-0.4, -0.2) is 4.98 Å². The summed E-state index contributed by atoms with van der Waals surface area (Å²) >= 11 is 7.27. The minimum Gasteiger partial charge on any atom is -0.245 e. The molecule has 0 amide bonds. The predicted octanol–water partition coefficient (Wildman–Crippen LogP) is 2.95. The maximum absolute atomic E-state index is 5.76. The normalized spacial score (nSPS) is 10.5. The Labute approximate surface area is 67.3 Å². The highest BCUT2D eigenvalue weighted by Crippen LogP contribution is 2.26. The third-order valence-electron chi connectivity index (χ3n) is 1.26. The monoisotopic (exact) mass is 169 g/mol. The van der Waals surface area contributed by atoms with Crippen LogP contribution in [0.5, 0.6) is 0 Å². The van der Waals surface area contributed by atoms with Crippen molar-refractivity contribution in [3.05, 3.63) is 28.7 Å². The average Bonchev–Trinajstić information content (AvgIpc) is 2.27. The summed E-state index contributed by atoms with van der Waals surface area (Å²) in [4.78, 5) is 5.14. The van der Waals surface area contributed by atoms with Gasteiger partial charge in [0.1, 0.15) is 4.83 Å². The molecule has 2 heterocycles. The van der Waals surface area contributed by atoms with Crippen LogP contribution in [0.4, 0.5) is 0 Å². The van der Waals surface area contributed by atoms with E-state index in [4.69, 9.17) is 11.6 Å². The molecule has 50 valence electrons. The Hall–Kier alpha value is -0.600. The standard InChI is InChI=1S/C7H4ClNS/c8-6-4-5-2-1-3-9-7(5)10-6/h1-4H. The average molecular weight is 170 g/mol. The SMILES string of the molecule is Clc1cc2cccnc2s1. The van der Waals surface area contributed by atoms with Crippen molar-refractivity contribution in [3.8, 4) is 0 Å². The van der Waals surface area contributed by atoms with Gasteiger partial charge < -0.3 is 0 Å². The summed E-state index contributed by atoms with van der Waals surface area (Å²) in [7, 11) is 0. The van der Waals surface area contributed by atoms with Gasteiger partial charge in [0.25, 0.3) is 0 Å². The highest BCUT2D eigenvalue weighted by atomic mass is 35.5. The van der Waals surface area contributed by atoms with E-state index in [1.54, 1.807) is 6.20 Å². The summed E-state index contributed by atoms with van der Waals surface area (Å²) in [5.41, 5.74) is 0. The predicted molar refractivity (Wildman–Crippen MR) is 44.6 cm³/mol. The zero-order valence-electron chi connectivity index (χ0n) is 5.04. The molecule has 0 atom stereocenters. The van der Waals surface area contributed by atoms with E-state index in [2.05, 4.69) is 4.98 Å². The Morgan fingerprint density at radius 1 is 1.50 bits per heavy atom. The maximum atomic E-state index is 5.76. The second-order valence-electron chi connectivity index (χ2n) is 1.95. The molecule has 0 aliphatic rings. The molecule has 2 aromatic rings. The first-order valence-corrected chi connectivity index (χ1v) is 4.06. The van der Waals surface area contributed by atoms with Gasteiger partial charge in [-0.25, -0.2) is 4.98 Å². The fourth-order valence-electron chi connectivity index (χ4n) is 0.842. The lowest BCUT2D eigenvalue weighted by molar-refractivity contribution is 1.45. The molecule has 2 aromatic heterocycles. The van der Waals surface area contributed by atoms with Crippen LogP contribution < -0.4 is 0 Å². The third-order valence-corrected chi connectivity index (χ3v) is 2.45. The van der Waals surface area contributed by atoms with E-state index in [1.807, 2.05) is 18.2 Å². The minimum absolute atomic E-state index is 0.800. The number of hydrogen-bond acceptors (Lipinski definition) is 2. The van der Waals surface area contributed by atoms with Crippen LogP contribution in [-0.2, 0) is 0 Å². The largest absolute Gasteiger partial charge is 0.245 e. The molecule has 0 saturated heterocycles. The Balaban J connectivity index is 2.88. The Bertz CT molecular complexity index is 322. The number of nitrogens with zero attached hydrogens (tertiary/aromatic N) is 1. The van der Waals surface area contributed by atoms with Gasteiger partial charge >= 0.3 is 0 Å². The summed E-state index contributed by atoms with van der Waals surface area (Å²) in [6.45, 7) is 0.